The minimum Gasteiger partial charge on any atom is -0.481 e. The van der Waals surface area contributed by atoms with Crippen molar-refractivity contribution in [2.24, 2.45) is 0 Å². The number of hydrogen-bond donors (Lipinski definition) is 1. The van der Waals surface area contributed by atoms with Crippen LogP contribution in [0.5, 0.6) is 5.88 Å². The molecule has 1 aromatic rings. The lowest BCUT2D eigenvalue weighted by molar-refractivity contribution is 0.376. The summed E-state index contributed by atoms with van der Waals surface area (Å²) in [5, 5.41) is 3.62. The summed E-state index contributed by atoms with van der Waals surface area (Å²) in [5.41, 5.74) is 1.19. The Labute approximate surface area is 117 Å². The normalized spacial score (nSPS) is 12.4. The van der Waals surface area contributed by atoms with Crippen LogP contribution in [0.1, 0.15) is 64.0 Å². The summed E-state index contributed by atoms with van der Waals surface area (Å²) < 4.78 is 5.38. The van der Waals surface area contributed by atoms with Gasteiger partial charge < -0.3 is 10.1 Å². The van der Waals surface area contributed by atoms with E-state index < -0.39 is 0 Å². The molecule has 0 aliphatic heterocycles. The van der Waals surface area contributed by atoms with E-state index in [0.717, 1.165) is 25.3 Å². The molecule has 0 saturated heterocycles. The van der Waals surface area contributed by atoms with Gasteiger partial charge in [-0.2, -0.15) is 0 Å². The highest BCUT2D eigenvalue weighted by molar-refractivity contribution is 5.28. The third-order valence-electron chi connectivity index (χ3n) is 3.36. The molecule has 1 heterocycles. The molecule has 0 aliphatic rings. The highest BCUT2D eigenvalue weighted by atomic mass is 16.5. The van der Waals surface area contributed by atoms with Gasteiger partial charge >= 0.3 is 0 Å². The number of nitrogens with zero attached hydrogens (tertiary/aromatic N) is 1. The van der Waals surface area contributed by atoms with Gasteiger partial charge in [0.15, 0.2) is 0 Å². The molecule has 1 unspecified atom stereocenters. The van der Waals surface area contributed by atoms with Crippen LogP contribution >= 0.6 is 0 Å². The first kappa shape index (κ1) is 16.0. The summed E-state index contributed by atoms with van der Waals surface area (Å²) in [5.74, 6) is 0.756. The number of unbranched alkanes of at least 4 members (excludes halogenated alkanes) is 3. The molecule has 0 radical (unpaired) electrons. The first-order chi connectivity index (χ1) is 9.33. The monoisotopic (exact) mass is 264 g/mol. The molecule has 0 saturated carbocycles. The molecule has 3 nitrogen and oxygen atoms in total. The molecule has 1 atom stereocenters. The molecule has 0 aromatic carbocycles. The molecule has 0 spiro atoms. The third-order valence-corrected chi connectivity index (χ3v) is 3.36. The van der Waals surface area contributed by atoms with E-state index in [1.165, 1.54) is 31.2 Å². The van der Waals surface area contributed by atoms with Crippen LogP contribution in [0.3, 0.4) is 0 Å². The van der Waals surface area contributed by atoms with Crippen LogP contribution in [0.15, 0.2) is 18.3 Å². The average molecular weight is 264 g/mol. The van der Waals surface area contributed by atoms with Crippen molar-refractivity contribution in [3.05, 3.63) is 23.9 Å². The molecule has 0 aliphatic carbocycles. The number of methoxy groups -OCH3 is 1. The molecule has 1 rings (SSSR count). The van der Waals surface area contributed by atoms with Gasteiger partial charge in [-0.15, -0.1) is 0 Å². The summed E-state index contributed by atoms with van der Waals surface area (Å²) in [4.78, 5) is 4.31. The first-order valence-electron chi connectivity index (χ1n) is 7.55. The molecular weight excluding hydrogens is 236 g/mol. The van der Waals surface area contributed by atoms with E-state index in [0.29, 0.717) is 6.04 Å². The second kappa shape index (κ2) is 9.79. The van der Waals surface area contributed by atoms with Crippen molar-refractivity contribution in [3.8, 4) is 5.88 Å². The number of rotatable bonds is 10. The molecular formula is C16H28N2O. The zero-order chi connectivity index (χ0) is 13.9. The number of ether oxygens (including phenoxy) is 1. The molecule has 1 N–H and O–H groups in total. The second-order valence-electron chi connectivity index (χ2n) is 4.96. The van der Waals surface area contributed by atoms with Gasteiger partial charge in [-0.05, 0) is 25.5 Å². The Morgan fingerprint density at radius 1 is 1.21 bits per heavy atom. The minimum absolute atomic E-state index is 0.362. The summed E-state index contributed by atoms with van der Waals surface area (Å²) in [6.07, 6.45) is 9.26. The van der Waals surface area contributed by atoms with Gasteiger partial charge in [0.2, 0.25) is 5.88 Å². The summed E-state index contributed by atoms with van der Waals surface area (Å²) in [6, 6.07) is 4.48. The van der Waals surface area contributed by atoms with E-state index in [2.05, 4.69) is 30.2 Å². The Bertz CT molecular complexity index is 341. The van der Waals surface area contributed by atoms with E-state index >= 15 is 0 Å². The van der Waals surface area contributed by atoms with Gasteiger partial charge in [0.1, 0.15) is 0 Å². The zero-order valence-corrected chi connectivity index (χ0v) is 12.6. The Kier molecular flexibility index (Phi) is 8.23. The van der Waals surface area contributed by atoms with Crippen molar-refractivity contribution < 1.29 is 4.74 Å². The number of nitrogens with one attached hydrogen (secondary N) is 1. The SMILES string of the molecule is CCCCCCC(NCCC)c1cccnc1OC. The lowest BCUT2D eigenvalue weighted by Gasteiger charge is -2.20. The number of hydrogen-bond acceptors (Lipinski definition) is 3. The van der Waals surface area contributed by atoms with E-state index in [1.54, 1.807) is 13.3 Å². The predicted octanol–water partition coefficient (Wildman–Crippen LogP) is 4.10. The lowest BCUT2D eigenvalue weighted by Crippen LogP contribution is -2.23. The Morgan fingerprint density at radius 3 is 2.74 bits per heavy atom. The Morgan fingerprint density at radius 2 is 2.05 bits per heavy atom. The van der Waals surface area contributed by atoms with Crippen LogP contribution in [0.4, 0.5) is 0 Å². The van der Waals surface area contributed by atoms with Crippen molar-refractivity contribution in [3.63, 3.8) is 0 Å². The van der Waals surface area contributed by atoms with Crippen LogP contribution in [-0.2, 0) is 0 Å². The predicted molar refractivity (Wildman–Crippen MR) is 80.6 cm³/mol. The van der Waals surface area contributed by atoms with Crippen molar-refractivity contribution in [1.82, 2.24) is 10.3 Å². The van der Waals surface area contributed by atoms with Crippen LogP contribution in [-0.4, -0.2) is 18.6 Å². The molecule has 108 valence electrons. The molecule has 0 bridgehead atoms. The van der Waals surface area contributed by atoms with Crippen molar-refractivity contribution in [2.45, 2.75) is 58.4 Å². The van der Waals surface area contributed by atoms with Crippen molar-refractivity contribution in [2.75, 3.05) is 13.7 Å². The molecule has 1 aromatic heterocycles. The highest BCUT2D eigenvalue weighted by Crippen LogP contribution is 2.26. The highest BCUT2D eigenvalue weighted by Gasteiger charge is 2.15. The quantitative estimate of drug-likeness (QED) is 0.646. The van der Waals surface area contributed by atoms with Gasteiger partial charge in [0.25, 0.3) is 0 Å². The maximum absolute atomic E-state index is 5.38. The van der Waals surface area contributed by atoms with Crippen LogP contribution in [0.2, 0.25) is 0 Å². The number of pyridine rings is 1. The van der Waals surface area contributed by atoms with Gasteiger partial charge in [-0.25, -0.2) is 4.98 Å². The maximum atomic E-state index is 5.38. The third kappa shape index (κ3) is 5.60. The minimum atomic E-state index is 0.362. The van der Waals surface area contributed by atoms with E-state index in [1.807, 2.05) is 6.07 Å². The zero-order valence-electron chi connectivity index (χ0n) is 12.6. The fraction of sp³-hybridized carbons (Fsp3) is 0.688. The van der Waals surface area contributed by atoms with Gasteiger partial charge in [0.05, 0.1) is 7.11 Å². The van der Waals surface area contributed by atoms with Gasteiger partial charge in [-0.3, -0.25) is 0 Å². The van der Waals surface area contributed by atoms with E-state index in [9.17, 15) is 0 Å². The smallest absolute Gasteiger partial charge is 0.217 e. The molecule has 0 fully saturated rings. The standard InChI is InChI=1S/C16H28N2O/c1-4-6-7-8-11-15(17-12-5-2)14-10-9-13-18-16(14)19-3/h9-10,13,15,17H,4-8,11-12H2,1-3H3. The second-order valence-corrected chi connectivity index (χ2v) is 4.96. The first-order valence-corrected chi connectivity index (χ1v) is 7.55. The molecule has 0 amide bonds. The fourth-order valence-corrected chi connectivity index (χ4v) is 2.30. The molecule has 19 heavy (non-hydrogen) atoms. The average Bonchev–Trinajstić information content (AvgIpc) is 2.46. The summed E-state index contributed by atoms with van der Waals surface area (Å²) in [6.45, 7) is 5.48. The van der Waals surface area contributed by atoms with Crippen LogP contribution in [0.25, 0.3) is 0 Å². The van der Waals surface area contributed by atoms with E-state index in [-0.39, 0.29) is 0 Å². The number of aromatic nitrogens is 1. The largest absolute Gasteiger partial charge is 0.481 e. The van der Waals surface area contributed by atoms with Crippen LogP contribution in [0, 0.1) is 0 Å². The Balaban J connectivity index is 2.65. The van der Waals surface area contributed by atoms with E-state index in [4.69, 9.17) is 4.74 Å². The topological polar surface area (TPSA) is 34.2 Å². The van der Waals surface area contributed by atoms with Gasteiger partial charge in [-0.1, -0.05) is 45.6 Å². The van der Waals surface area contributed by atoms with Crippen molar-refractivity contribution in [1.29, 1.82) is 0 Å². The Hall–Kier alpha value is -1.09. The maximum Gasteiger partial charge on any atom is 0.217 e. The summed E-state index contributed by atoms with van der Waals surface area (Å²) >= 11 is 0. The fourth-order valence-electron chi connectivity index (χ4n) is 2.30. The lowest BCUT2D eigenvalue weighted by atomic mass is 10.0. The van der Waals surface area contributed by atoms with Crippen LogP contribution < -0.4 is 10.1 Å². The van der Waals surface area contributed by atoms with Crippen molar-refractivity contribution >= 4 is 0 Å². The molecule has 3 heteroatoms. The van der Waals surface area contributed by atoms with Gasteiger partial charge in [0, 0.05) is 17.8 Å². The summed E-state index contributed by atoms with van der Waals surface area (Å²) in [7, 11) is 1.69.